The van der Waals surface area contributed by atoms with Gasteiger partial charge in [0.25, 0.3) is 0 Å². The van der Waals surface area contributed by atoms with Crippen molar-refractivity contribution in [2.45, 2.75) is 39.0 Å². The second-order valence-electron chi connectivity index (χ2n) is 7.84. The molecule has 166 valence electrons. The van der Waals surface area contributed by atoms with Gasteiger partial charge in [-0.15, -0.1) is 0 Å². The van der Waals surface area contributed by atoms with Crippen molar-refractivity contribution in [1.82, 2.24) is 30.1 Å². The van der Waals surface area contributed by atoms with Crippen molar-refractivity contribution in [3.05, 3.63) is 47.4 Å². The predicted molar refractivity (Wildman–Crippen MR) is 104 cm³/mol. The first-order valence-corrected chi connectivity index (χ1v) is 10.1. The van der Waals surface area contributed by atoms with Gasteiger partial charge in [0.1, 0.15) is 0 Å². The maximum absolute atomic E-state index is 12.9. The number of rotatable bonds is 6. The Hall–Kier alpha value is -2.79. The minimum atomic E-state index is -4.42. The van der Waals surface area contributed by atoms with Gasteiger partial charge in [-0.25, -0.2) is 0 Å². The van der Waals surface area contributed by atoms with Crippen LogP contribution in [-0.2, 0) is 19.3 Å². The Bertz CT molecular complexity index is 1010. The van der Waals surface area contributed by atoms with E-state index in [4.69, 9.17) is 9.05 Å². The first-order valence-electron chi connectivity index (χ1n) is 10.1. The highest BCUT2D eigenvalue weighted by Crippen LogP contribution is 2.31. The van der Waals surface area contributed by atoms with Crippen LogP contribution in [0.1, 0.15) is 42.9 Å². The molecule has 1 aliphatic rings. The summed E-state index contributed by atoms with van der Waals surface area (Å²) in [6.45, 7) is 8.28. The van der Waals surface area contributed by atoms with Crippen molar-refractivity contribution in [2.24, 2.45) is 0 Å². The smallest absolute Gasteiger partial charge is 0.338 e. The molecule has 0 atom stereocenters. The van der Waals surface area contributed by atoms with Crippen LogP contribution in [0.2, 0.25) is 0 Å². The van der Waals surface area contributed by atoms with Crippen LogP contribution in [0.25, 0.3) is 11.4 Å². The molecule has 0 bridgehead atoms. The highest BCUT2D eigenvalue weighted by Gasteiger charge is 2.31. The summed E-state index contributed by atoms with van der Waals surface area (Å²) in [6, 6.07) is 4.91. The molecule has 0 unspecified atom stereocenters. The van der Waals surface area contributed by atoms with Crippen molar-refractivity contribution in [1.29, 1.82) is 0 Å². The number of halogens is 3. The van der Waals surface area contributed by atoms with E-state index in [2.05, 4.69) is 30.1 Å². The Labute approximate surface area is 177 Å². The van der Waals surface area contributed by atoms with Gasteiger partial charge in [-0.05, 0) is 12.1 Å². The number of nitrogens with zero attached hydrogens (tertiary/aromatic N) is 6. The molecule has 0 spiro atoms. The molecule has 0 aliphatic carbocycles. The zero-order valence-electron chi connectivity index (χ0n) is 17.3. The second kappa shape index (κ2) is 8.75. The molecule has 1 aliphatic heterocycles. The van der Waals surface area contributed by atoms with E-state index in [1.165, 1.54) is 12.1 Å². The van der Waals surface area contributed by atoms with E-state index in [1.807, 2.05) is 13.8 Å². The molecule has 0 radical (unpaired) electrons. The van der Waals surface area contributed by atoms with Gasteiger partial charge in [0.05, 0.1) is 18.7 Å². The molecule has 0 saturated carbocycles. The number of hydrogen-bond acceptors (Lipinski definition) is 8. The van der Waals surface area contributed by atoms with Crippen molar-refractivity contribution in [2.75, 3.05) is 26.2 Å². The second-order valence-corrected chi connectivity index (χ2v) is 7.84. The monoisotopic (exact) mass is 436 g/mol. The standard InChI is InChI=1S/C20H23F3N6O2/c1-13(2)18-24-16(30-26-18)11-28-6-8-29(9-7-28)12-17-25-19(27-31-17)14-4-3-5-15(10-14)20(21,22)23/h3-5,10,13H,6-9,11-12H2,1-2H3. The average Bonchev–Trinajstić information content (AvgIpc) is 3.39. The van der Waals surface area contributed by atoms with Gasteiger partial charge in [0.2, 0.25) is 17.6 Å². The maximum atomic E-state index is 12.9. The quantitative estimate of drug-likeness (QED) is 0.580. The fourth-order valence-electron chi connectivity index (χ4n) is 3.33. The number of benzene rings is 1. The van der Waals surface area contributed by atoms with Crippen molar-refractivity contribution in [3.8, 4) is 11.4 Å². The molecule has 31 heavy (non-hydrogen) atoms. The Kier molecular flexibility index (Phi) is 6.05. The summed E-state index contributed by atoms with van der Waals surface area (Å²) < 4.78 is 49.3. The van der Waals surface area contributed by atoms with Gasteiger partial charge < -0.3 is 9.05 Å². The fourth-order valence-corrected chi connectivity index (χ4v) is 3.33. The first kappa shape index (κ1) is 21.4. The van der Waals surface area contributed by atoms with E-state index in [0.717, 1.165) is 38.3 Å². The minimum absolute atomic E-state index is 0.150. The van der Waals surface area contributed by atoms with Crippen molar-refractivity contribution >= 4 is 0 Å². The lowest BCUT2D eigenvalue weighted by Gasteiger charge is -2.32. The van der Waals surface area contributed by atoms with E-state index >= 15 is 0 Å². The zero-order chi connectivity index (χ0) is 22.0. The summed E-state index contributed by atoms with van der Waals surface area (Å²) in [5.74, 6) is 2.07. The molecule has 1 aromatic carbocycles. The Balaban J connectivity index is 1.31. The number of hydrogen-bond donors (Lipinski definition) is 0. The lowest BCUT2D eigenvalue weighted by molar-refractivity contribution is -0.137. The topological polar surface area (TPSA) is 84.3 Å². The van der Waals surface area contributed by atoms with Crippen LogP contribution in [0.3, 0.4) is 0 Å². The first-order chi connectivity index (χ1) is 14.8. The molecule has 0 amide bonds. The van der Waals surface area contributed by atoms with Gasteiger partial charge in [0, 0.05) is 37.7 Å². The SMILES string of the molecule is CC(C)c1noc(CN2CCN(Cc3nc(-c4cccc(C(F)(F)F)c4)no3)CC2)n1. The average molecular weight is 436 g/mol. The van der Waals surface area contributed by atoms with Gasteiger partial charge in [0.15, 0.2) is 5.82 Å². The molecule has 2 aromatic heterocycles. The van der Waals surface area contributed by atoms with E-state index in [0.29, 0.717) is 30.7 Å². The van der Waals surface area contributed by atoms with Gasteiger partial charge in [-0.2, -0.15) is 23.1 Å². The van der Waals surface area contributed by atoms with Crippen LogP contribution in [-0.4, -0.2) is 56.3 Å². The summed E-state index contributed by atoms with van der Waals surface area (Å²) in [4.78, 5) is 13.1. The summed E-state index contributed by atoms with van der Waals surface area (Å²) in [5, 5.41) is 7.83. The summed E-state index contributed by atoms with van der Waals surface area (Å²) in [6.07, 6.45) is -4.42. The maximum Gasteiger partial charge on any atom is 0.416 e. The van der Waals surface area contributed by atoms with Crippen molar-refractivity contribution < 1.29 is 22.2 Å². The highest BCUT2D eigenvalue weighted by molar-refractivity contribution is 5.55. The van der Waals surface area contributed by atoms with Crippen LogP contribution >= 0.6 is 0 Å². The molecule has 11 heteroatoms. The summed E-state index contributed by atoms with van der Waals surface area (Å²) in [7, 11) is 0. The molecule has 3 heterocycles. The molecule has 0 N–H and O–H groups in total. The Morgan fingerprint density at radius 3 is 2.13 bits per heavy atom. The number of aromatic nitrogens is 4. The Morgan fingerprint density at radius 2 is 1.55 bits per heavy atom. The van der Waals surface area contributed by atoms with E-state index in [1.54, 1.807) is 0 Å². The van der Waals surface area contributed by atoms with Crippen LogP contribution in [0, 0.1) is 0 Å². The molecular weight excluding hydrogens is 413 g/mol. The van der Waals surface area contributed by atoms with E-state index in [-0.39, 0.29) is 17.3 Å². The van der Waals surface area contributed by atoms with Gasteiger partial charge in [-0.3, -0.25) is 9.80 Å². The molecule has 1 fully saturated rings. The zero-order valence-corrected chi connectivity index (χ0v) is 17.3. The third-order valence-electron chi connectivity index (χ3n) is 5.10. The predicted octanol–water partition coefficient (Wildman–Crippen LogP) is 3.58. The molecule has 4 rings (SSSR count). The highest BCUT2D eigenvalue weighted by atomic mass is 19.4. The Morgan fingerprint density at radius 1 is 0.935 bits per heavy atom. The molecule has 3 aromatic rings. The lowest BCUT2D eigenvalue weighted by atomic mass is 10.1. The molecule has 1 saturated heterocycles. The third-order valence-corrected chi connectivity index (χ3v) is 5.10. The van der Waals surface area contributed by atoms with Crippen molar-refractivity contribution in [3.63, 3.8) is 0 Å². The lowest BCUT2D eigenvalue weighted by Crippen LogP contribution is -2.45. The van der Waals surface area contributed by atoms with E-state index in [9.17, 15) is 13.2 Å². The summed E-state index contributed by atoms with van der Waals surface area (Å²) >= 11 is 0. The minimum Gasteiger partial charge on any atom is -0.338 e. The summed E-state index contributed by atoms with van der Waals surface area (Å²) in [5.41, 5.74) is -0.468. The molecule has 8 nitrogen and oxygen atoms in total. The van der Waals surface area contributed by atoms with E-state index < -0.39 is 11.7 Å². The largest absolute Gasteiger partial charge is 0.416 e. The number of piperazine rings is 1. The normalized spacial score (nSPS) is 16.3. The number of alkyl halides is 3. The van der Waals surface area contributed by atoms with Gasteiger partial charge >= 0.3 is 6.18 Å². The van der Waals surface area contributed by atoms with Crippen LogP contribution < -0.4 is 0 Å². The van der Waals surface area contributed by atoms with Crippen LogP contribution in [0.5, 0.6) is 0 Å². The fraction of sp³-hybridized carbons (Fsp3) is 0.500. The van der Waals surface area contributed by atoms with Crippen LogP contribution in [0.15, 0.2) is 33.3 Å². The van der Waals surface area contributed by atoms with Crippen LogP contribution in [0.4, 0.5) is 13.2 Å². The molecular formula is C20H23F3N6O2. The van der Waals surface area contributed by atoms with Gasteiger partial charge in [-0.1, -0.05) is 36.3 Å². The third kappa shape index (κ3) is 5.28.